The van der Waals surface area contributed by atoms with Crippen molar-refractivity contribution in [2.75, 3.05) is 25.0 Å². The molecule has 4 rings (SSSR count). The number of rotatable bonds is 5. The predicted octanol–water partition coefficient (Wildman–Crippen LogP) is 3.41. The topological polar surface area (TPSA) is 111 Å². The van der Waals surface area contributed by atoms with Crippen molar-refractivity contribution >= 4 is 22.6 Å². The lowest BCUT2D eigenvalue weighted by molar-refractivity contribution is -0.138. The first-order valence-corrected chi connectivity index (χ1v) is 10.9. The number of benzene rings is 1. The minimum atomic E-state index is -4.75. The van der Waals surface area contributed by atoms with Crippen molar-refractivity contribution in [3.8, 4) is 0 Å². The van der Waals surface area contributed by atoms with Gasteiger partial charge in [-0.25, -0.2) is 14.4 Å². The summed E-state index contributed by atoms with van der Waals surface area (Å²) in [6.45, 7) is 3.57. The number of aromatic nitrogens is 3. The molecule has 1 saturated heterocycles. The molecule has 0 saturated carbocycles. The van der Waals surface area contributed by atoms with Gasteiger partial charge in [-0.2, -0.15) is 13.2 Å². The zero-order chi connectivity index (χ0) is 25.5. The average Bonchev–Trinajstić information content (AvgIpc) is 3.27. The molecule has 2 aromatic heterocycles. The van der Waals surface area contributed by atoms with Gasteiger partial charge in [0.25, 0.3) is 11.5 Å². The molecule has 0 spiro atoms. The first kappa shape index (κ1) is 24.6. The van der Waals surface area contributed by atoms with E-state index in [1.165, 1.54) is 18.7 Å². The standard InChI is InChI=1S/C23H23F4N5O3/c1-11(15-6-16-19(7-17(15)23(25,26)27)30-12(2)31-21(16)34)29-20-18(24)5-14(8-28-20)22(35)32-4-3-13(9-32)10-33/h5-8,11,13,33H,3-4,9-10H2,1-2H3,(H,28,29)(H,30,31,34)/t11-,13+/m0/s1. The summed E-state index contributed by atoms with van der Waals surface area (Å²) in [6.07, 6.45) is -2.96. The Bertz CT molecular complexity index is 1340. The Morgan fingerprint density at radius 2 is 2.09 bits per heavy atom. The van der Waals surface area contributed by atoms with Crippen LogP contribution in [0.2, 0.25) is 0 Å². The fourth-order valence-electron chi connectivity index (χ4n) is 4.22. The molecule has 3 heterocycles. The molecule has 186 valence electrons. The van der Waals surface area contributed by atoms with Crippen LogP contribution in [0.4, 0.5) is 23.4 Å². The number of hydrogen-bond acceptors (Lipinski definition) is 6. The minimum absolute atomic E-state index is 0.00560. The van der Waals surface area contributed by atoms with Gasteiger partial charge in [-0.1, -0.05) is 0 Å². The Balaban J connectivity index is 1.63. The zero-order valence-corrected chi connectivity index (χ0v) is 18.9. The lowest BCUT2D eigenvalue weighted by atomic mass is 9.98. The Hall–Kier alpha value is -3.54. The van der Waals surface area contributed by atoms with E-state index >= 15 is 0 Å². The van der Waals surface area contributed by atoms with Gasteiger partial charge >= 0.3 is 6.18 Å². The monoisotopic (exact) mass is 493 g/mol. The van der Waals surface area contributed by atoms with Crippen LogP contribution in [0.3, 0.4) is 0 Å². The molecule has 0 radical (unpaired) electrons. The van der Waals surface area contributed by atoms with Crippen LogP contribution in [0, 0.1) is 18.7 Å². The van der Waals surface area contributed by atoms with Crippen molar-refractivity contribution in [2.24, 2.45) is 5.92 Å². The molecule has 2 atom stereocenters. The molecule has 3 aromatic rings. The third kappa shape index (κ3) is 4.97. The number of carbonyl (C=O) groups excluding carboxylic acids is 1. The number of aromatic amines is 1. The molecule has 8 nitrogen and oxygen atoms in total. The Morgan fingerprint density at radius 1 is 1.34 bits per heavy atom. The molecular weight excluding hydrogens is 470 g/mol. The highest BCUT2D eigenvalue weighted by atomic mass is 19.4. The van der Waals surface area contributed by atoms with Crippen LogP contribution in [0.5, 0.6) is 0 Å². The minimum Gasteiger partial charge on any atom is -0.396 e. The molecule has 0 bridgehead atoms. The van der Waals surface area contributed by atoms with Crippen molar-refractivity contribution in [3.63, 3.8) is 0 Å². The zero-order valence-electron chi connectivity index (χ0n) is 18.9. The smallest absolute Gasteiger partial charge is 0.396 e. The number of nitrogens with zero attached hydrogens (tertiary/aromatic N) is 3. The van der Waals surface area contributed by atoms with Crippen LogP contribution in [-0.4, -0.2) is 50.6 Å². The second-order valence-electron chi connectivity index (χ2n) is 8.61. The maximum absolute atomic E-state index is 14.8. The number of H-pyrrole nitrogens is 1. The Kier molecular flexibility index (Phi) is 6.50. The molecule has 1 aromatic carbocycles. The van der Waals surface area contributed by atoms with E-state index in [-0.39, 0.29) is 46.2 Å². The van der Waals surface area contributed by atoms with E-state index in [0.29, 0.717) is 19.5 Å². The summed E-state index contributed by atoms with van der Waals surface area (Å²) in [4.78, 5) is 36.7. The summed E-state index contributed by atoms with van der Waals surface area (Å²) >= 11 is 0. The molecule has 1 aliphatic rings. The van der Waals surface area contributed by atoms with Gasteiger partial charge in [-0.05, 0) is 44.0 Å². The van der Waals surface area contributed by atoms with Crippen molar-refractivity contribution in [1.82, 2.24) is 19.9 Å². The van der Waals surface area contributed by atoms with E-state index in [2.05, 4.69) is 20.3 Å². The van der Waals surface area contributed by atoms with Crippen LogP contribution in [0.15, 0.2) is 29.2 Å². The van der Waals surface area contributed by atoms with E-state index < -0.39 is 35.1 Å². The summed E-state index contributed by atoms with van der Waals surface area (Å²) in [7, 11) is 0. The quantitative estimate of drug-likeness (QED) is 0.470. The highest BCUT2D eigenvalue weighted by Crippen LogP contribution is 2.37. The van der Waals surface area contributed by atoms with Gasteiger partial charge in [0, 0.05) is 31.8 Å². The van der Waals surface area contributed by atoms with E-state index in [9.17, 15) is 32.3 Å². The molecule has 3 N–H and O–H groups in total. The number of nitrogens with one attached hydrogen (secondary N) is 2. The summed E-state index contributed by atoms with van der Waals surface area (Å²) in [5.41, 5.74) is -2.00. The number of fused-ring (bicyclic) bond motifs is 1. The van der Waals surface area contributed by atoms with Gasteiger partial charge in [-0.3, -0.25) is 9.59 Å². The van der Waals surface area contributed by atoms with Crippen molar-refractivity contribution < 1.29 is 27.5 Å². The number of anilines is 1. The van der Waals surface area contributed by atoms with E-state index in [1.807, 2.05) is 0 Å². The maximum Gasteiger partial charge on any atom is 0.416 e. The average molecular weight is 493 g/mol. The number of likely N-dealkylation sites (tertiary alicyclic amines) is 1. The number of carbonyl (C=O) groups is 1. The third-order valence-corrected chi connectivity index (χ3v) is 6.04. The number of halogens is 4. The number of amides is 1. The molecular formula is C23H23F4N5O3. The van der Waals surface area contributed by atoms with Gasteiger partial charge in [0.15, 0.2) is 11.6 Å². The second-order valence-corrected chi connectivity index (χ2v) is 8.61. The summed E-state index contributed by atoms with van der Waals surface area (Å²) in [5.74, 6) is -1.55. The van der Waals surface area contributed by atoms with Crippen LogP contribution < -0.4 is 10.9 Å². The molecule has 35 heavy (non-hydrogen) atoms. The first-order valence-electron chi connectivity index (χ1n) is 10.9. The number of aryl methyl sites for hydroxylation is 1. The molecule has 0 aliphatic carbocycles. The fourth-order valence-corrected chi connectivity index (χ4v) is 4.22. The lowest BCUT2D eigenvalue weighted by Gasteiger charge is -2.21. The maximum atomic E-state index is 14.8. The molecule has 12 heteroatoms. The number of alkyl halides is 3. The SMILES string of the molecule is Cc1nc2cc(C(F)(F)F)c([C@H](C)Nc3ncc(C(=O)N4CC[C@@H](CO)C4)cc3F)cc2c(=O)[nH]1. The number of aliphatic hydroxyl groups is 1. The Labute approximate surface area is 197 Å². The highest BCUT2D eigenvalue weighted by Gasteiger charge is 2.36. The van der Waals surface area contributed by atoms with Gasteiger partial charge in [0.2, 0.25) is 0 Å². The van der Waals surface area contributed by atoms with Crippen LogP contribution >= 0.6 is 0 Å². The van der Waals surface area contributed by atoms with Crippen molar-refractivity contribution in [3.05, 3.63) is 63.1 Å². The second kappa shape index (κ2) is 9.25. The molecule has 1 aliphatic heterocycles. The van der Waals surface area contributed by atoms with Crippen LogP contribution in [-0.2, 0) is 6.18 Å². The van der Waals surface area contributed by atoms with E-state index in [1.54, 1.807) is 0 Å². The normalized spacial score (nSPS) is 17.1. The Morgan fingerprint density at radius 3 is 2.71 bits per heavy atom. The van der Waals surface area contributed by atoms with Crippen LogP contribution in [0.25, 0.3) is 10.9 Å². The van der Waals surface area contributed by atoms with Gasteiger partial charge in [0.05, 0.1) is 28.1 Å². The predicted molar refractivity (Wildman–Crippen MR) is 119 cm³/mol. The summed E-state index contributed by atoms with van der Waals surface area (Å²) in [5, 5.41) is 11.8. The summed E-state index contributed by atoms with van der Waals surface area (Å²) in [6, 6.07) is 1.76. The van der Waals surface area contributed by atoms with Crippen molar-refractivity contribution in [2.45, 2.75) is 32.5 Å². The number of pyridine rings is 1. The molecule has 0 unspecified atom stereocenters. The van der Waals surface area contributed by atoms with Gasteiger partial charge in [-0.15, -0.1) is 0 Å². The van der Waals surface area contributed by atoms with Crippen molar-refractivity contribution in [1.29, 1.82) is 0 Å². The van der Waals surface area contributed by atoms with E-state index in [4.69, 9.17) is 0 Å². The third-order valence-electron chi connectivity index (χ3n) is 6.04. The largest absolute Gasteiger partial charge is 0.416 e. The number of hydrogen-bond donors (Lipinski definition) is 3. The molecule has 1 amide bonds. The lowest BCUT2D eigenvalue weighted by Crippen LogP contribution is -2.29. The first-order chi connectivity index (χ1) is 16.5. The fraction of sp³-hybridized carbons (Fsp3) is 0.391. The van der Waals surface area contributed by atoms with Crippen LogP contribution in [0.1, 0.15) is 46.7 Å². The molecule has 1 fully saturated rings. The van der Waals surface area contributed by atoms with E-state index in [0.717, 1.165) is 24.4 Å². The summed E-state index contributed by atoms with van der Waals surface area (Å²) < 4.78 is 56.2. The highest BCUT2D eigenvalue weighted by molar-refractivity contribution is 5.94. The van der Waals surface area contributed by atoms with Gasteiger partial charge in [0.1, 0.15) is 5.82 Å². The van der Waals surface area contributed by atoms with Gasteiger partial charge < -0.3 is 20.3 Å². The number of aliphatic hydroxyl groups excluding tert-OH is 1.